The van der Waals surface area contributed by atoms with Gasteiger partial charge in [0, 0.05) is 13.6 Å². The number of aromatic amines is 2. The van der Waals surface area contributed by atoms with Crippen molar-refractivity contribution < 1.29 is 8.42 Å². The SMILES string of the molecule is CN(Cc1ccccc1)S(=O)(=O)c1ccc2[nH]c(=O)c(=O)[nH]c2c1. The van der Waals surface area contributed by atoms with Crippen molar-refractivity contribution >= 4 is 21.1 Å². The molecule has 0 radical (unpaired) electrons. The first-order chi connectivity index (χ1) is 11.4. The summed E-state index contributed by atoms with van der Waals surface area (Å²) in [7, 11) is -2.24. The molecule has 0 aliphatic rings. The monoisotopic (exact) mass is 345 g/mol. The van der Waals surface area contributed by atoms with E-state index in [2.05, 4.69) is 9.97 Å². The Labute approximate surface area is 137 Å². The second-order valence-corrected chi connectivity index (χ2v) is 7.41. The van der Waals surface area contributed by atoms with Gasteiger partial charge in [-0.05, 0) is 23.8 Å². The maximum atomic E-state index is 12.7. The average molecular weight is 345 g/mol. The van der Waals surface area contributed by atoms with E-state index < -0.39 is 21.1 Å². The maximum Gasteiger partial charge on any atom is 0.314 e. The number of nitrogens with one attached hydrogen (secondary N) is 2. The molecule has 0 saturated heterocycles. The summed E-state index contributed by atoms with van der Waals surface area (Å²) in [5.41, 5.74) is -0.117. The van der Waals surface area contributed by atoms with E-state index in [4.69, 9.17) is 0 Å². The molecule has 0 fully saturated rings. The standard InChI is InChI=1S/C16H15N3O4S/c1-19(10-11-5-3-2-4-6-11)24(22,23)12-7-8-13-14(9-12)18-16(21)15(20)17-13/h2-9H,10H2,1H3,(H,17,20)(H,18,21). The van der Waals surface area contributed by atoms with Crippen molar-refractivity contribution in [2.24, 2.45) is 0 Å². The van der Waals surface area contributed by atoms with Gasteiger partial charge >= 0.3 is 11.1 Å². The van der Waals surface area contributed by atoms with Gasteiger partial charge in [0.05, 0.1) is 15.9 Å². The highest BCUT2D eigenvalue weighted by molar-refractivity contribution is 7.89. The Balaban J connectivity index is 2.00. The first kappa shape index (κ1) is 16.2. The van der Waals surface area contributed by atoms with Crippen molar-refractivity contribution in [3.8, 4) is 0 Å². The van der Waals surface area contributed by atoms with E-state index in [1.807, 2.05) is 30.3 Å². The van der Waals surface area contributed by atoms with Crippen LogP contribution in [-0.4, -0.2) is 29.7 Å². The van der Waals surface area contributed by atoms with E-state index in [1.165, 1.54) is 29.6 Å². The third-order valence-electron chi connectivity index (χ3n) is 3.65. The van der Waals surface area contributed by atoms with Crippen LogP contribution in [0, 0.1) is 0 Å². The zero-order valence-corrected chi connectivity index (χ0v) is 13.6. The molecule has 7 nitrogen and oxygen atoms in total. The van der Waals surface area contributed by atoms with Crippen molar-refractivity contribution in [2.75, 3.05) is 7.05 Å². The van der Waals surface area contributed by atoms with Crippen LogP contribution in [0.2, 0.25) is 0 Å². The number of hydrogen-bond donors (Lipinski definition) is 2. The molecule has 2 aromatic carbocycles. The van der Waals surface area contributed by atoms with Gasteiger partial charge in [0.2, 0.25) is 10.0 Å². The van der Waals surface area contributed by atoms with Crippen molar-refractivity contribution in [3.63, 3.8) is 0 Å². The lowest BCUT2D eigenvalue weighted by molar-refractivity contribution is 0.467. The second-order valence-electron chi connectivity index (χ2n) is 5.36. The van der Waals surface area contributed by atoms with Gasteiger partial charge in [-0.25, -0.2) is 8.42 Å². The van der Waals surface area contributed by atoms with E-state index in [9.17, 15) is 18.0 Å². The highest BCUT2D eigenvalue weighted by atomic mass is 32.2. The fourth-order valence-electron chi connectivity index (χ4n) is 2.36. The van der Waals surface area contributed by atoms with Crippen LogP contribution in [-0.2, 0) is 16.6 Å². The third-order valence-corrected chi connectivity index (χ3v) is 5.45. The van der Waals surface area contributed by atoms with Gasteiger partial charge in [-0.2, -0.15) is 4.31 Å². The fraction of sp³-hybridized carbons (Fsp3) is 0.125. The quantitative estimate of drug-likeness (QED) is 0.690. The van der Waals surface area contributed by atoms with Crippen molar-refractivity contribution in [3.05, 3.63) is 74.8 Å². The molecule has 0 unspecified atom stereocenters. The molecule has 124 valence electrons. The topological polar surface area (TPSA) is 103 Å². The van der Waals surface area contributed by atoms with Crippen LogP contribution in [0.3, 0.4) is 0 Å². The lowest BCUT2D eigenvalue weighted by Crippen LogP contribution is -2.29. The molecule has 1 aromatic heterocycles. The highest BCUT2D eigenvalue weighted by Crippen LogP contribution is 2.19. The van der Waals surface area contributed by atoms with Gasteiger partial charge in [-0.15, -0.1) is 0 Å². The zero-order valence-electron chi connectivity index (χ0n) is 12.8. The number of H-pyrrole nitrogens is 2. The summed E-state index contributed by atoms with van der Waals surface area (Å²) in [6, 6.07) is 13.4. The molecule has 0 aliphatic carbocycles. The summed E-state index contributed by atoms with van der Waals surface area (Å²) in [6.07, 6.45) is 0. The van der Waals surface area contributed by atoms with Crippen LogP contribution < -0.4 is 11.1 Å². The smallest absolute Gasteiger partial charge is 0.314 e. The number of fused-ring (bicyclic) bond motifs is 1. The van der Waals surface area contributed by atoms with Crippen LogP contribution in [0.15, 0.2) is 63.0 Å². The Bertz CT molecular complexity index is 1100. The first-order valence-corrected chi connectivity index (χ1v) is 8.58. The summed E-state index contributed by atoms with van der Waals surface area (Å²) in [6.45, 7) is 0.226. The number of aromatic nitrogens is 2. The number of nitrogens with zero attached hydrogens (tertiary/aromatic N) is 1. The van der Waals surface area contributed by atoms with Gasteiger partial charge in [-0.3, -0.25) is 9.59 Å². The maximum absolute atomic E-state index is 12.7. The fourth-order valence-corrected chi connectivity index (χ4v) is 3.55. The lowest BCUT2D eigenvalue weighted by atomic mass is 10.2. The van der Waals surface area contributed by atoms with E-state index in [1.54, 1.807) is 0 Å². The normalized spacial score (nSPS) is 11.9. The zero-order chi connectivity index (χ0) is 17.3. The lowest BCUT2D eigenvalue weighted by Gasteiger charge is -2.17. The minimum atomic E-state index is -3.73. The van der Waals surface area contributed by atoms with Crippen LogP contribution >= 0.6 is 0 Å². The molecular formula is C16H15N3O4S. The van der Waals surface area contributed by atoms with Gasteiger partial charge in [0.25, 0.3) is 0 Å². The molecule has 3 aromatic rings. The minimum absolute atomic E-state index is 0.0381. The molecule has 1 heterocycles. The van der Waals surface area contributed by atoms with Crippen LogP contribution in [0.25, 0.3) is 11.0 Å². The Kier molecular flexibility index (Phi) is 4.08. The summed E-state index contributed by atoms with van der Waals surface area (Å²) in [5.74, 6) is 0. The molecule has 0 bridgehead atoms. The van der Waals surface area contributed by atoms with E-state index in [-0.39, 0.29) is 17.0 Å². The summed E-state index contributed by atoms with van der Waals surface area (Å²) in [4.78, 5) is 27.5. The summed E-state index contributed by atoms with van der Waals surface area (Å²) in [5, 5.41) is 0. The van der Waals surface area contributed by atoms with Crippen molar-refractivity contribution in [2.45, 2.75) is 11.4 Å². The minimum Gasteiger partial charge on any atom is -0.316 e. The largest absolute Gasteiger partial charge is 0.316 e. The molecule has 0 aliphatic heterocycles. The van der Waals surface area contributed by atoms with E-state index >= 15 is 0 Å². The molecule has 2 N–H and O–H groups in total. The molecule has 3 rings (SSSR count). The Morgan fingerprint density at radius 3 is 2.21 bits per heavy atom. The predicted octanol–water partition coefficient (Wildman–Crippen LogP) is 1.04. The second kappa shape index (κ2) is 6.06. The Morgan fingerprint density at radius 1 is 0.917 bits per heavy atom. The number of sulfonamides is 1. The van der Waals surface area contributed by atoms with E-state index in [0.29, 0.717) is 5.52 Å². The number of benzene rings is 2. The summed E-state index contributed by atoms with van der Waals surface area (Å²) < 4.78 is 26.6. The van der Waals surface area contributed by atoms with Crippen molar-refractivity contribution in [1.82, 2.24) is 14.3 Å². The molecule has 0 amide bonds. The van der Waals surface area contributed by atoms with Crippen molar-refractivity contribution in [1.29, 1.82) is 0 Å². The third kappa shape index (κ3) is 3.01. The van der Waals surface area contributed by atoms with Gasteiger partial charge in [0.15, 0.2) is 0 Å². The molecule has 0 spiro atoms. The van der Waals surface area contributed by atoms with Crippen LogP contribution in [0.1, 0.15) is 5.56 Å². The number of rotatable bonds is 4. The molecule has 0 saturated carbocycles. The highest BCUT2D eigenvalue weighted by Gasteiger charge is 2.21. The molecular weight excluding hydrogens is 330 g/mol. The van der Waals surface area contributed by atoms with Crippen LogP contribution in [0.5, 0.6) is 0 Å². The van der Waals surface area contributed by atoms with Gasteiger partial charge in [0.1, 0.15) is 0 Å². The molecule has 0 atom stereocenters. The molecule has 24 heavy (non-hydrogen) atoms. The number of hydrogen-bond acceptors (Lipinski definition) is 4. The first-order valence-electron chi connectivity index (χ1n) is 7.14. The predicted molar refractivity (Wildman–Crippen MR) is 90.3 cm³/mol. The summed E-state index contributed by atoms with van der Waals surface area (Å²) >= 11 is 0. The molecule has 8 heteroatoms. The van der Waals surface area contributed by atoms with Gasteiger partial charge in [-0.1, -0.05) is 30.3 Å². The van der Waals surface area contributed by atoms with E-state index in [0.717, 1.165) is 5.56 Å². The van der Waals surface area contributed by atoms with Gasteiger partial charge < -0.3 is 9.97 Å². The Morgan fingerprint density at radius 2 is 1.54 bits per heavy atom. The average Bonchev–Trinajstić information content (AvgIpc) is 2.56. The van der Waals surface area contributed by atoms with Crippen LogP contribution in [0.4, 0.5) is 0 Å². The Hall–Kier alpha value is -2.71.